The van der Waals surface area contributed by atoms with Gasteiger partial charge in [0.1, 0.15) is 0 Å². The second-order valence-corrected chi connectivity index (χ2v) is 5.50. The smallest absolute Gasteiger partial charge is 0.0663 e. The number of hydrogen-bond acceptors (Lipinski definition) is 4. The first-order valence-electron chi connectivity index (χ1n) is 6.77. The molecule has 0 aromatic carbocycles. The lowest BCUT2D eigenvalue weighted by Crippen LogP contribution is -2.59. The summed E-state index contributed by atoms with van der Waals surface area (Å²) in [6.45, 7) is 6.40. The minimum atomic E-state index is 0.0561. The normalized spacial score (nSPS) is 31.1. The van der Waals surface area contributed by atoms with Crippen LogP contribution in [-0.2, 0) is 9.47 Å². The molecule has 17 heavy (non-hydrogen) atoms. The summed E-state index contributed by atoms with van der Waals surface area (Å²) in [7, 11) is 1.76. The van der Waals surface area contributed by atoms with Crippen molar-refractivity contribution in [3.05, 3.63) is 0 Å². The summed E-state index contributed by atoms with van der Waals surface area (Å²) < 4.78 is 10.8. The van der Waals surface area contributed by atoms with Gasteiger partial charge in [-0.05, 0) is 32.1 Å². The van der Waals surface area contributed by atoms with Crippen LogP contribution in [0.15, 0.2) is 0 Å². The van der Waals surface area contributed by atoms with Gasteiger partial charge in [-0.15, -0.1) is 0 Å². The molecule has 4 heteroatoms. The highest BCUT2D eigenvalue weighted by Gasteiger charge is 2.44. The van der Waals surface area contributed by atoms with Gasteiger partial charge in [-0.2, -0.15) is 0 Å². The van der Waals surface area contributed by atoms with Gasteiger partial charge >= 0.3 is 0 Å². The van der Waals surface area contributed by atoms with Crippen LogP contribution in [0.1, 0.15) is 26.2 Å². The molecule has 1 heterocycles. The first-order valence-corrected chi connectivity index (χ1v) is 6.77. The van der Waals surface area contributed by atoms with E-state index >= 15 is 0 Å². The number of methoxy groups -OCH3 is 1. The van der Waals surface area contributed by atoms with Crippen LogP contribution in [0.25, 0.3) is 0 Å². The van der Waals surface area contributed by atoms with Crippen LogP contribution in [0, 0.1) is 5.92 Å². The van der Waals surface area contributed by atoms with E-state index in [1.54, 1.807) is 7.11 Å². The van der Waals surface area contributed by atoms with E-state index in [9.17, 15) is 0 Å². The van der Waals surface area contributed by atoms with E-state index in [1.165, 1.54) is 12.8 Å². The lowest BCUT2D eigenvalue weighted by molar-refractivity contribution is 0.0135. The Morgan fingerprint density at radius 1 is 1.53 bits per heavy atom. The Balaban J connectivity index is 2.06. The summed E-state index contributed by atoms with van der Waals surface area (Å²) in [5, 5.41) is 0. The van der Waals surface area contributed by atoms with Crippen molar-refractivity contribution in [3.63, 3.8) is 0 Å². The molecule has 0 amide bonds. The fraction of sp³-hybridized carbons (Fsp3) is 1.00. The topological polar surface area (TPSA) is 47.7 Å². The maximum Gasteiger partial charge on any atom is 0.0663 e. The highest BCUT2D eigenvalue weighted by Crippen LogP contribution is 2.39. The Hall–Kier alpha value is -0.160. The molecule has 0 bridgehead atoms. The zero-order valence-corrected chi connectivity index (χ0v) is 11.2. The van der Waals surface area contributed by atoms with Gasteiger partial charge in [0.2, 0.25) is 0 Å². The van der Waals surface area contributed by atoms with Gasteiger partial charge in [0.05, 0.1) is 18.8 Å². The van der Waals surface area contributed by atoms with E-state index in [0.717, 1.165) is 38.7 Å². The lowest BCUT2D eigenvalue weighted by atomic mass is 9.93. The second-order valence-electron chi connectivity index (χ2n) is 5.50. The zero-order chi connectivity index (χ0) is 12.3. The molecule has 1 saturated heterocycles. The summed E-state index contributed by atoms with van der Waals surface area (Å²) in [5.74, 6) is 0.857. The van der Waals surface area contributed by atoms with Gasteiger partial charge in [0.25, 0.3) is 0 Å². The lowest BCUT2D eigenvalue weighted by Gasteiger charge is -2.43. The number of nitrogens with zero attached hydrogens (tertiary/aromatic N) is 1. The van der Waals surface area contributed by atoms with Gasteiger partial charge in [-0.25, -0.2) is 0 Å². The highest BCUT2D eigenvalue weighted by atomic mass is 16.5. The average Bonchev–Trinajstić information content (AvgIpc) is 3.09. The highest BCUT2D eigenvalue weighted by molar-refractivity contribution is 5.00. The third-order valence-electron chi connectivity index (χ3n) is 4.40. The van der Waals surface area contributed by atoms with Crippen LogP contribution in [0.5, 0.6) is 0 Å². The zero-order valence-electron chi connectivity index (χ0n) is 11.2. The van der Waals surface area contributed by atoms with E-state index in [2.05, 4.69) is 11.8 Å². The molecule has 2 aliphatic rings. The van der Waals surface area contributed by atoms with Gasteiger partial charge in [0, 0.05) is 32.8 Å². The van der Waals surface area contributed by atoms with Crippen molar-refractivity contribution in [2.75, 3.05) is 40.0 Å². The number of rotatable bonds is 7. The Morgan fingerprint density at radius 2 is 2.29 bits per heavy atom. The monoisotopic (exact) mass is 242 g/mol. The minimum Gasteiger partial charge on any atom is -0.383 e. The van der Waals surface area contributed by atoms with Gasteiger partial charge in [-0.3, -0.25) is 4.90 Å². The van der Waals surface area contributed by atoms with E-state index in [0.29, 0.717) is 12.6 Å². The first-order chi connectivity index (χ1) is 8.23. The third-order valence-corrected chi connectivity index (χ3v) is 4.40. The van der Waals surface area contributed by atoms with Crippen molar-refractivity contribution in [2.45, 2.75) is 37.8 Å². The van der Waals surface area contributed by atoms with Crippen molar-refractivity contribution in [1.29, 1.82) is 0 Å². The summed E-state index contributed by atoms with van der Waals surface area (Å²) in [6, 6.07) is 0.607. The molecule has 1 aliphatic carbocycles. The Kier molecular flexibility index (Phi) is 4.42. The fourth-order valence-electron chi connectivity index (χ4n) is 3.00. The van der Waals surface area contributed by atoms with Crippen LogP contribution in [-0.4, -0.2) is 56.5 Å². The molecule has 2 fully saturated rings. The van der Waals surface area contributed by atoms with Crippen LogP contribution in [0.3, 0.4) is 0 Å². The van der Waals surface area contributed by atoms with Crippen LogP contribution in [0.4, 0.5) is 0 Å². The van der Waals surface area contributed by atoms with E-state index in [-0.39, 0.29) is 5.54 Å². The number of hydrogen-bond donors (Lipinski definition) is 1. The van der Waals surface area contributed by atoms with Crippen LogP contribution >= 0.6 is 0 Å². The maximum atomic E-state index is 6.04. The largest absolute Gasteiger partial charge is 0.383 e. The van der Waals surface area contributed by atoms with E-state index < -0.39 is 0 Å². The molecular weight excluding hydrogens is 216 g/mol. The Labute approximate surface area is 104 Å². The molecule has 2 unspecified atom stereocenters. The standard InChI is InChI=1S/C13H26N2O2/c1-11(12-3-4-12)15(6-8-16-2)13(9-14)5-7-17-10-13/h11-12H,3-10,14H2,1-2H3. The molecular formula is C13H26N2O2. The van der Waals surface area contributed by atoms with Crippen molar-refractivity contribution >= 4 is 0 Å². The summed E-state index contributed by atoms with van der Waals surface area (Å²) >= 11 is 0. The molecule has 0 radical (unpaired) electrons. The summed E-state index contributed by atoms with van der Waals surface area (Å²) in [5.41, 5.74) is 6.09. The molecule has 0 aromatic rings. The predicted octanol–water partition coefficient (Wildman–Crippen LogP) is 0.851. The summed E-state index contributed by atoms with van der Waals surface area (Å²) in [6.07, 6.45) is 3.79. The molecule has 100 valence electrons. The molecule has 0 spiro atoms. The predicted molar refractivity (Wildman–Crippen MR) is 68.0 cm³/mol. The minimum absolute atomic E-state index is 0.0561. The average molecular weight is 242 g/mol. The van der Waals surface area contributed by atoms with Crippen molar-refractivity contribution < 1.29 is 9.47 Å². The molecule has 2 atom stereocenters. The van der Waals surface area contributed by atoms with Gasteiger partial charge in [-0.1, -0.05) is 0 Å². The van der Waals surface area contributed by atoms with Crippen LogP contribution < -0.4 is 5.73 Å². The number of nitrogens with two attached hydrogens (primary N) is 1. The first kappa shape index (κ1) is 13.3. The second kappa shape index (κ2) is 5.65. The molecule has 2 rings (SSSR count). The van der Waals surface area contributed by atoms with E-state index in [1.807, 2.05) is 0 Å². The van der Waals surface area contributed by atoms with Crippen molar-refractivity contribution in [3.8, 4) is 0 Å². The van der Waals surface area contributed by atoms with Crippen molar-refractivity contribution in [2.24, 2.45) is 11.7 Å². The SMILES string of the molecule is COCCN(C(C)C1CC1)C1(CN)CCOC1. The van der Waals surface area contributed by atoms with Crippen molar-refractivity contribution in [1.82, 2.24) is 4.90 Å². The number of ether oxygens (including phenoxy) is 2. The molecule has 2 N–H and O–H groups in total. The third kappa shape index (κ3) is 2.81. The van der Waals surface area contributed by atoms with Gasteiger partial charge < -0.3 is 15.2 Å². The molecule has 1 aliphatic heterocycles. The Bertz CT molecular complexity index is 238. The van der Waals surface area contributed by atoms with Crippen LogP contribution in [0.2, 0.25) is 0 Å². The van der Waals surface area contributed by atoms with E-state index in [4.69, 9.17) is 15.2 Å². The Morgan fingerprint density at radius 3 is 2.76 bits per heavy atom. The summed E-state index contributed by atoms with van der Waals surface area (Å²) in [4.78, 5) is 2.56. The van der Waals surface area contributed by atoms with Gasteiger partial charge in [0.15, 0.2) is 0 Å². The molecule has 1 saturated carbocycles. The fourth-order valence-corrected chi connectivity index (χ4v) is 3.00. The molecule has 0 aromatic heterocycles. The quantitative estimate of drug-likeness (QED) is 0.719. The maximum absolute atomic E-state index is 6.04. The molecule has 4 nitrogen and oxygen atoms in total.